The van der Waals surface area contributed by atoms with Gasteiger partial charge >= 0.3 is 0 Å². The molecular weight excluding hydrogens is 354 g/mol. The summed E-state index contributed by atoms with van der Waals surface area (Å²) >= 11 is 5.85. The van der Waals surface area contributed by atoms with E-state index >= 15 is 0 Å². The Labute approximate surface area is 158 Å². The predicted molar refractivity (Wildman–Crippen MR) is 104 cm³/mol. The number of nitrogens with zero attached hydrogens (tertiary/aromatic N) is 2. The Morgan fingerprint density at radius 3 is 2.54 bits per heavy atom. The second-order valence-corrected chi connectivity index (χ2v) is 6.03. The molecule has 138 valence electrons. The van der Waals surface area contributed by atoms with Gasteiger partial charge in [0.05, 0.1) is 18.5 Å². The van der Waals surface area contributed by atoms with Crippen molar-refractivity contribution in [2.24, 2.45) is 5.10 Å². The van der Waals surface area contributed by atoms with Crippen molar-refractivity contribution >= 4 is 29.4 Å². The van der Waals surface area contributed by atoms with E-state index in [1.165, 1.54) is 4.90 Å². The van der Waals surface area contributed by atoms with Crippen LogP contribution in [0.3, 0.4) is 0 Å². The van der Waals surface area contributed by atoms with Crippen LogP contribution in [-0.2, 0) is 4.79 Å². The first-order chi connectivity index (χ1) is 12.5. The van der Waals surface area contributed by atoms with E-state index in [1.807, 2.05) is 31.2 Å². The fraction of sp³-hybridized carbons (Fsp3) is 0.263. The second-order valence-electron chi connectivity index (χ2n) is 5.59. The van der Waals surface area contributed by atoms with Gasteiger partial charge in [-0.1, -0.05) is 11.6 Å². The molecule has 26 heavy (non-hydrogen) atoms. The lowest BCUT2D eigenvalue weighted by Gasteiger charge is -2.14. The summed E-state index contributed by atoms with van der Waals surface area (Å²) in [6.07, 6.45) is 1.67. The van der Waals surface area contributed by atoms with Gasteiger partial charge in [0.25, 0.3) is 5.91 Å². The van der Waals surface area contributed by atoms with Crippen molar-refractivity contribution in [3.63, 3.8) is 0 Å². The monoisotopic (exact) mass is 375 g/mol. The molecular formula is C19H22ClN3O3. The zero-order valence-electron chi connectivity index (χ0n) is 15.0. The Kier molecular flexibility index (Phi) is 7.29. The van der Waals surface area contributed by atoms with E-state index < -0.39 is 0 Å². The van der Waals surface area contributed by atoms with E-state index in [4.69, 9.17) is 21.1 Å². The quantitative estimate of drug-likeness (QED) is 0.565. The second kappa shape index (κ2) is 9.68. The lowest BCUT2D eigenvalue weighted by atomic mass is 10.2. The molecule has 0 saturated heterocycles. The number of hydrazone groups is 1. The molecule has 7 heteroatoms. The lowest BCUT2D eigenvalue weighted by Crippen LogP contribution is -2.27. The van der Waals surface area contributed by atoms with E-state index in [9.17, 15) is 4.79 Å². The zero-order valence-corrected chi connectivity index (χ0v) is 15.8. The average molecular weight is 376 g/mol. The first kappa shape index (κ1) is 19.6. The maximum Gasteiger partial charge on any atom is 0.259 e. The van der Waals surface area contributed by atoms with Crippen molar-refractivity contribution in [3.8, 4) is 11.5 Å². The molecule has 0 spiro atoms. The minimum atomic E-state index is -0.120. The van der Waals surface area contributed by atoms with Crippen molar-refractivity contribution < 1.29 is 14.3 Å². The van der Waals surface area contributed by atoms with E-state index in [2.05, 4.69) is 10.5 Å². The van der Waals surface area contributed by atoms with Gasteiger partial charge in [-0.3, -0.25) is 10.2 Å². The number of benzene rings is 2. The summed E-state index contributed by atoms with van der Waals surface area (Å²) in [5.41, 5.74) is 4.59. The summed E-state index contributed by atoms with van der Waals surface area (Å²) in [6.45, 7) is 2.33. The van der Waals surface area contributed by atoms with Crippen LogP contribution in [-0.4, -0.2) is 44.3 Å². The van der Waals surface area contributed by atoms with E-state index in [0.29, 0.717) is 23.1 Å². The first-order valence-electron chi connectivity index (χ1n) is 8.14. The van der Waals surface area contributed by atoms with Gasteiger partial charge in [0, 0.05) is 19.1 Å². The van der Waals surface area contributed by atoms with Crippen molar-refractivity contribution in [3.05, 3.63) is 53.1 Å². The molecule has 0 atom stereocenters. The van der Waals surface area contributed by atoms with Gasteiger partial charge in [-0.05, 0) is 55.0 Å². The molecule has 0 radical (unpaired) electrons. The molecule has 0 bridgehead atoms. The molecule has 0 fully saturated rings. The molecule has 2 aromatic rings. The molecule has 2 aromatic carbocycles. The van der Waals surface area contributed by atoms with Gasteiger partial charge in [0.2, 0.25) is 0 Å². The largest absolute Gasteiger partial charge is 0.490 e. The van der Waals surface area contributed by atoms with Crippen molar-refractivity contribution in [1.82, 2.24) is 4.90 Å². The third kappa shape index (κ3) is 5.97. The lowest BCUT2D eigenvalue weighted by molar-refractivity contribution is -0.130. The highest BCUT2D eigenvalue weighted by Crippen LogP contribution is 2.28. The highest BCUT2D eigenvalue weighted by molar-refractivity contribution is 6.30. The van der Waals surface area contributed by atoms with Crippen LogP contribution in [0, 0.1) is 0 Å². The molecule has 1 amide bonds. The summed E-state index contributed by atoms with van der Waals surface area (Å²) < 4.78 is 11.2. The Hall–Kier alpha value is -2.73. The minimum absolute atomic E-state index is 0.0430. The molecule has 0 saturated carbocycles. The summed E-state index contributed by atoms with van der Waals surface area (Å²) in [4.78, 5) is 13.1. The number of halogens is 1. The molecule has 0 heterocycles. The summed E-state index contributed by atoms with van der Waals surface area (Å²) in [6, 6.07) is 12.7. The number of amides is 1. The van der Waals surface area contributed by atoms with Crippen molar-refractivity contribution in [2.75, 3.05) is 32.7 Å². The smallest absolute Gasteiger partial charge is 0.259 e. The molecule has 0 aliphatic rings. The fourth-order valence-electron chi connectivity index (χ4n) is 1.97. The Morgan fingerprint density at radius 1 is 1.15 bits per heavy atom. The standard InChI is InChI=1S/C19H22ClN3O3/c1-4-25-18-11-14(5-10-17(18)26-13-19(24)23(2)3)12-21-22-16-8-6-15(20)7-9-16/h5-12,22H,4,13H2,1-3H3/b21-12-. The van der Waals surface area contributed by atoms with Gasteiger partial charge in [-0.2, -0.15) is 5.10 Å². The highest BCUT2D eigenvalue weighted by atomic mass is 35.5. The maximum absolute atomic E-state index is 11.7. The van der Waals surface area contributed by atoms with Crippen LogP contribution in [0.1, 0.15) is 12.5 Å². The Bertz CT molecular complexity index is 761. The maximum atomic E-state index is 11.7. The molecule has 0 aliphatic carbocycles. The highest BCUT2D eigenvalue weighted by Gasteiger charge is 2.10. The molecule has 1 N–H and O–H groups in total. The van der Waals surface area contributed by atoms with Crippen molar-refractivity contribution in [1.29, 1.82) is 0 Å². The summed E-state index contributed by atoms with van der Waals surface area (Å²) in [7, 11) is 3.37. The van der Waals surface area contributed by atoms with Crippen LogP contribution in [0.15, 0.2) is 47.6 Å². The van der Waals surface area contributed by atoms with Crippen LogP contribution in [0.25, 0.3) is 0 Å². The third-order valence-electron chi connectivity index (χ3n) is 3.37. The number of hydrogen-bond acceptors (Lipinski definition) is 5. The van der Waals surface area contributed by atoms with Gasteiger partial charge in [-0.15, -0.1) is 0 Å². The summed E-state index contributed by atoms with van der Waals surface area (Å²) in [5, 5.41) is 4.87. The molecule has 6 nitrogen and oxygen atoms in total. The van der Waals surface area contributed by atoms with Gasteiger partial charge < -0.3 is 14.4 Å². The summed E-state index contributed by atoms with van der Waals surface area (Å²) in [5.74, 6) is 0.963. The Morgan fingerprint density at radius 2 is 1.88 bits per heavy atom. The molecule has 0 aliphatic heterocycles. The van der Waals surface area contributed by atoms with Gasteiger partial charge in [0.1, 0.15) is 0 Å². The van der Waals surface area contributed by atoms with E-state index in [0.717, 1.165) is 11.3 Å². The number of likely N-dealkylation sites (N-methyl/N-ethyl adjacent to an activating group) is 1. The molecule has 0 aromatic heterocycles. The van der Waals surface area contributed by atoms with Gasteiger partial charge in [-0.25, -0.2) is 0 Å². The van der Waals surface area contributed by atoms with Gasteiger partial charge in [0.15, 0.2) is 18.1 Å². The van der Waals surface area contributed by atoms with Crippen LogP contribution >= 0.6 is 11.6 Å². The van der Waals surface area contributed by atoms with Crippen LogP contribution in [0.5, 0.6) is 11.5 Å². The van der Waals surface area contributed by atoms with Crippen LogP contribution in [0.4, 0.5) is 5.69 Å². The minimum Gasteiger partial charge on any atom is -0.490 e. The fourth-order valence-corrected chi connectivity index (χ4v) is 2.09. The number of rotatable bonds is 8. The third-order valence-corrected chi connectivity index (χ3v) is 3.62. The van der Waals surface area contributed by atoms with E-state index in [1.54, 1.807) is 38.5 Å². The zero-order chi connectivity index (χ0) is 18.9. The number of ether oxygens (including phenoxy) is 2. The number of carbonyl (C=O) groups is 1. The SMILES string of the molecule is CCOc1cc(/C=N\Nc2ccc(Cl)cc2)ccc1OCC(=O)N(C)C. The normalized spacial score (nSPS) is 10.6. The number of hydrogen-bond donors (Lipinski definition) is 1. The van der Waals surface area contributed by atoms with Crippen LogP contribution < -0.4 is 14.9 Å². The average Bonchev–Trinajstić information content (AvgIpc) is 2.62. The predicted octanol–water partition coefficient (Wildman–Crippen LogP) is 3.65. The Balaban J connectivity index is 2.04. The number of nitrogens with one attached hydrogen (secondary N) is 1. The molecule has 2 rings (SSSR count). The number of carbonyl (C=O) groups excluding carboxylic acids is 1. The first-order valence-corrected chi connectivity index (χ1v) is 8.52. The number of anilines is 1. The van der Waals surface area contributed by atoms with Crippen LogP contribution in [0.2, 0.25) is 5.02 Å². The topological polar surface area (TPSA) is 63.2 Å². The van der Waals surface area contributed by atoms with E-state index in [-0.39, 0.29) is 12.5 Å². The van der Waals surface area contributed by atoms with Crippen molar-refractivity contribution in [2.45, 2.75) is 6.92 Å². The molecule has 0 unspecified atom stereocenters.